The maximum Gasteiger partial charge on any atom is 0.118 e. The Labute approximate surface area is 128 Å². The molecule has 1 aromatic carbocycles. The highest BCUT2D eigenvalue weighted by molar-refractivity contribution is 5.27. The highest BCUT2D eigenvalue weighted by Crippen LogP contribution is 2.13. The highest BCUT2D eigenvalue weighted by Gasteiger charge is 2.10. The third kappa shape index (κ3) is 6.04. The lowest BCUT2D eigenvalue weighted by molar-refractivity contribution is 0.0381. The molecule has 0 amide bonds. The van der Waals surface area contributed by atoms with E-state index in [1.54, 1.807) is 7.11 Å². The van der Waals surface area contributed by atoms with Crippen molar-refractivity contribution in [3.63, 3.8) is 0 Å². The summed E-state index contributed by atoms with van der Waals surface area (Å²) >= 11 is 0. The van der Waals surface area contributed by atoms with Gasteiger partial charge in [-0.3, -0.25) is 4.90 Å². The third-order valence-electron chi connectivity index (χ3n) is 4.05. The van der Waals surface area contributed by atoms with E-state index in [1.165, 1.54) is 5.56 Å². The molecule has 1 aromatic rings. The lowest BCUT2D eigenvalue weighted by Gasteiger charge is -2.27. The Balaban J connectivity index is 1.59. The number of morpholine rings is 1. The monoisotopic (exact) mass is 292 g/mol. The van der Waals surface area contributed by atoms with Gasteiger partial charge in [0.2, 0.25) is 0 Å². The van der Waals surface area contributed by atoms with Crippen molar-refractivity contribution in [1.82, 2.24) is 10.2 Å². The van der Waals surface area contributed by atoms with Crippen LogP contribution in [0.5, 0.6) is 5.75 Å². The summed E-state index contributed by atoms with van der Waals surface area (Å²) < 4.78 is 10.5. The molecule has 1 fully saturated rings. The van der Waals surface area contributed by atoms with Crippen LogP contribution in [0.25, 0.3) is 0 Å². The van der Waals surface area contributed by atoms with Crippen molar-refractivity contribution in [2.24, 2.45) is 0 Å². The molecule has 1 unspecified atom stereocenters. The average molecular weight is 292 g/mol. The predicted molar refractivity (Wildman–Crippen MR) is 86.0 cm³/mol. The second-order valence-corrected chi connectivity index (χ2v) is 5.70. The van der Waals surface area contributed by atoms with Gasteiger partial charge in [0.1, 0.15) is 5.75 Å². The fourth-order valence-corrected chi connectivity index (χ4v) is 2.57. The van der Waals surface area contributed by atoms with Gasteiger partial charge in [0.25, 0.3) is 0 Å². The van der Waals surface area contributed by atoms with Crippen LogP contribution in [-0.4, -0.2) is 57.4 Å². The van der Waals surface area contributed by atoms with Gasteiger partial charge < -0.3 is 14.8 Å². The summed E-state index contributed by atoms with van der Waals surface area (Å²) in [5, 5.41) is 3.62. The maximum atomic E-state index is 5.36. The predicted octanol–water partition coefficient (Wildman–Crippen LogP) is 1.94. The molecule has 1 saturated heterocycles. The summed E-state index contributed by atoms with van der Waals surface area (Å²) in [4.78, 5) is 2.46. The molecule has 1 aliphatic rings. The minimum Gasteiger partial charge on any atom is -0.497 e. The number of nitrogens with zero attached hydrogens (tertiary/aromatic N) is 1. The van der Waals surface area contributed by atoms with E-state index in [4.69, 9.17) is 9.47 Å². The number of ether oxygens (including phenoxy) is 2. The van der Waals surface area contributed by atoms with E-state index in [1.807, 2.05) is 12.1 Å². The second kappa shape index (κ2) is 9.03. The molecule has 4 heteroatoms. The zero-order valence-electron chi connectivity index (χ0n) is 13.3. The average Bonchev–Trinajstić information content (AvgIpc) is 2.54. The van der Waals surface area contributed by atoms with Crippen LogP contribution in [0.3, 0.4) is 0 Å². The number of rotatable bonds is 8. The van der Waals surface area contributed by atoms with Crippen molar-refractivity contribution < 1.29 is 9.47 Å². The third-order valence-corrected chi connectivity index (χ3v) is 4.05. The molecule has 118 valence electrons. The molecule has 0 aromatic heterocycles. The molecule has 4 nitrogen and oxygen atoms in total. The summed E-state index contributed by atoms with van der Waals surface area (Å²) in [7, 11) is 1.70. The fourth-order valence-electron chi connectivity index (χ4n) is 2.57. The first-order valence-electron chi connectivity index (χ1n) is 7.94. The molecule has 1 aliphatic heterocycles. The molecular formula is C17H28N2O2. The van der Waals surface area contributed by atoms with Gasteiger partial charge in [0.05, 0.1) is 20.3 Å². The molecule has 0 aliphatic carbocycles. The van der Waals surface area contributed by atoms with Gasteiger partial charge in [-0.1, -0.05) is 12.1 Å². The van der Waals surface area contributed by atoms with Crippen LogP contribution in [-0.2, 0) is 11.2 Å². The second-order valence-electron chi connectivity index (χ2n) is 5.70. The van der Waals surface area contributed by atoms with E-state index in [-0.39, 0.29) is 0 Å². The quantitative estimate of drug-likeness (QED) is 0.794. The smallest absolute Gasteiger partial charge is 0.118 e. The Bertz CT molecular complexity index is 388. The number of hydrogen-bond acceptors (Lipinski definition) is 4. The van der Waals surface area contributed by atoms with Gasteiger partial charge in [-0.05, 0) is 37.5 Å². The first kappa shape index (κ1) is 16.3. The first-order valence-corrected chi connectivity index (χ1v) is 7.94. The number of nitrogens with one attached hydrogen (secondary N) is 1. The van der Waals surface area contributed by atoms with E-state index in [9.17, 15) is 0 Å². The minimum atomic E-state index is 0.549. The Morgan fingerprint density at radius 1 is 1.24 bits per heavy atom. The lowest BCUT2D eigenvalue weighted by Crippen LogP contribution is -2.41. The fraction of sp³-hybridized carbons (Fsp3) is 0.647. The summed E-state index contributed by atoms with van der Waals surface area (Å²) in [6.45, 7) is 8.35. The van der Waals surface area contributed by atoms with Crippen LogP contribution in [0.2, 0.25) is 0 Å². The van der Waals surface area contributed by atoms with Crippen LogP contribution >= 0.6 is 0 Å². The van der Waals surface area contributed by atoms with Crippen molar-refractivity contribution in [2.75, 3.05) is 46.5 Å². The SMILES string of the molecule is COc1ccc(CCC(C)NCCN2CCOCC2)cc1. The van der Waals surface area contributed by atoms with E-state index in [0.29, 0.717) is 6.04 Å². The molecule has 0 bridgehead atoms. The van der Waals surface area contributed by atoms with E-state index < -0.39 is 0 Å². The molecule has 0 spiro atoms. The topological polar surface area (TPSA) is 33.7 Å². The molecule has 2 rings (SSSR count). The van der Waals surface area contributed by atoms with E-state index in [2.05, 4.69) is 29.3 Å². The van der Waals surface area contributed by atoms with Gasteiger partial charge >= 0.3 is 0 Å². The zero-order valence-corrected chi connectivity index (χ0v) is 13.3. The summed E-state index contributed by atoms with van der Waals surface area (Å²) in [6, 6.07) is 8.92. The van der Waals surface area contributed by atoms with Gasteiger partial charge in [-0.2, -0.15) is 0 Å². The van der Waals surface area contributed by atoms with E-state index >= 15 is 0 Å². The van der Waals surface area contributed by atoms with Gasteiger partial charge in [-0.25, -0.2) is 0 Å². The van der Waals surface area contributed by atoms with Gasteiger partial charge in [0, 0.05) is 32.2 Å². The van der Waals surface area contributed by atoms with Crippen molar-refractivity contribution in [2.45, 2.75) is 25.8 Å². The number of benzene rings is 1. The van der Waals surface area contributed by atoms with Crippen LogP contribution in [0.4, 0.5) is 0 Å². The van der Waals surface area contributed by atoms with Gasteiger partial charge in [0.15, 0.2) is 0 Å². The Kier molecular flexibility index (Phi) is 7.00. The van der Waals surface area contributed by atoms with Crippen LogP contribution in [0.1, 0.15) is 18.9 Å². The lowest BCUT2D eigenvalue weighted by atomic mass is 10.1. The highest BCUT2D eigenvalue weighted by atomic mass is 16.5. The summed E-state index contributed by atoms with van der Waals surface area (Å²) in [5.41, 5.74) is 1.37. The number of methoxy groups -OCH3 is 1. The van der Waals surface area contributed by atoms with Crippen LogP contribution < -0.4 is 10.1 Å². The standard InChI is InChI=1S/C17H28N2O2/c1-15(18-9-10-19-11-13-21-14-12-19)3-4-16-5-7-17(20-2)8-6-16/h5-8,15,18H,3-4,9-14H2,1-2H3. The van der Waals surface area contributed by atoms with Crippen molar-refractivity contribution >= 4 is 0 Å². The van der Waals surface area contributed by atoms with Crippen molar-refractivity contribution in [1.29, 1.82) is 0 Å². The normalized spacial score (nSPS) is 17.6. The first-order chi connectivity index (χ1) is 10.3. The zero-order chi connectivity index (χ0) is 14.9. The molecule has 0 saturated carbocycles. The molecule has 1 atom stereocenters. The Hall–Kier alpha value is -1.10. The Morgan fingerprint density at radius 3 is 2.62 bits per heavy atom. The summed E-state index contributed by atoms with van der Waals surface area (Å²) in [5.74, 6) is 0.926. The van der Waals surface area contributed by atoms with Crippen LogP contribution in [0, 0.1) is 0 Å². The molecule has 1 N–H and O–H groups in total. The maximum absolute atomic E-state index is 5.36. The molecule has 21 heavy (non-hydrogen) atoms. The molecule has 1 heterocycles. The van der Waals surface area contributed by atoms with E-state index in [0.717, 1.165) is 58.0 Å². The number of aryl methyl sites for hydroxylation is 1. The van der Waals surface area contributed by atoms with Gasteiger partial charge in [-0.15, -0.1) is 0 Å². The van der Waals surface area contributed by atoms with Crippen LogP contribution in [0.15, 0.2) is 24.3 Å². The number of hydrogen-bond donors (Lipinski definition) is 1. The Morgan fingerprint density at radius 2 is 1.95 bits per heavy atom. The molecular weight excluding hydrogens is 264 g/mol. The largest absolute Gasteiger partial charge is 0.497 e. The summed E-state index contributed by atoms with van der Waals surface area (Å²) in [6.07, 6.45) is 2.27. The minimum absolute atomic E-state index is 0.549. The van der Waals surface area contributed by atoms with Crippen molar-refractivity contribution in [3.05, 3.63) is 29.8 Å². The molecule has 0 radical (unpaired) electrons. The van der Waals surface area contributed by atoms with Crippen molar-refractivity contribution in [3.8, 4) is 5.75 Å².